The Morgan fingerprint density at radius 3 is 2.12 bits per heavy atom. The molecular weight excluding hydrogens is 402 g/mol. The third-order valence-electron chi connectivity index (χ3n) is 7.26. The number of hydrogen-bond acceptors (Lipinski definition) is 4. The molecule has 0 spiro atoms. The topological polar surface area (TPSA) is 64.6 Å². The fraction of sp³-hybridized carbons (Fsp3) is 0.481. The molecule has 5 heteroatoms. The zero-order chi connectivity index (χ0) is 22.3. The number of amides is 1. The van der Waals surface area contributed by atoms with Gasteiger partial charge in [0.05, 0.1) is 11.5 Å². The summed E-state index contributed by atoms with van der Waals surface area (Å²) in [4.78, 5) is 26.0. The predicted octanol–water partition coefficient (Wildman–Crippen LogP) is 5.85. The number of hydrogen-bond donors (Lipinski definition) is 1. The summed E-state index contributed by atoms with van der Waals surface area (Å²) in [5.74, 6) is 2.91. The van der Waals surface area contributed by atoms with Gasteiger partial charge in [-0.25, -0.2) is 0 Å². The van der Waals surface area contributed by atoms with Crippen molar-refractivity contribution in [3.05, 3.63) is 54.1 Å². The van der Waals surface area contributed by atoms with E-state index in [1.165, 1.54) is 19.3 Å². The SMILES string of the molecule is CC(C)Oc1ccc(NC(=O)c2cccc(OC(=O)C34CC5CC(CC(C5)C3)C4)c2)cc1. The van der Waals surface area contributed by atoms with Crippen molar-refractivity contribution in [3.8, 4) is 11.5 Å². The van der Waals surface area contributed by atoms with E-state index in [9.17, 15) is 9.59 Å². The summed E-state index contributed by atoms with van der Waals surface area (Å²) in [5, 5.41) is 2.89. The highest BCUT2D eigenvalue weighted by molar-refractivity contribution is 6.04. The van der Waals surface area contributed by atoms with Crippen LogP contribution in [0.25, 0.3) is 0 Å². The Labute approximate surface area is 189 Å². The first kappa shape index (κ1) is 21.0. The van der Waals surface area contributed by atoms with Crippen LogP contribution in [0.4, 0.5) is 5.69 Å². The lowest BCUT2D eigenvalue weighted by Gasteiger charge is -2.55. The summed E-state index contributed by atoms with van der Waals surface area (Å²) in [6.45, 7) is 3.94. The van der Waals surface area contributed by atoms with Crippen LogP contribution in [0.2, 0.25) is 0 Å². The summed E-state index contributed by atoms with van der Waals surface area (Å²) >= 11 is 0. The van der Waals surface area contributed by atoms with E-state index in [0.29, 0.717) is 34.8 Å². The number of rotatable bonds is 6. The minimum Gasteiger partial charge on any atom is -0.491 e. The molecule has 2 aromatic rings. The zero-order valence-electron chi connectivity index (χ0n) is 18.8. The fourth-order valence-corrected chi connectivity index (χ4v) is 6.37. The van der Waals surface area contributed by atoms with Crippen LogP contribution >= 0.6 is 0 Å². The number of carbonyl (C=O) groups excluding carboxylic acids is 2. The number of esters is 1. The van der Waals surface area contributed by atoms with Gasteiger partial charge in [-0.15, -0.1) is 0 Å². The van der Waals surface area contributed by atoms with E-state index in [4.69, 9.17) is 9.47 Å². The van der Waals surface area contributed by atoms with Gasteiger partial charge in [-0.3, -0.25) is 9.59 Å². The third kappa shape index (κ3) is 4.25. The Balaban J connectivity index is 1.24. The van der Waals surface area contributed by atoms with Crippen LogP contribution < -0.4 is 14.8 Å². The van der Waals surface area contributed by atoms with Crippen molar-refractivity contribution in [3.63, 3.8) is 0 Å². The highest BCUT2D eigenvalue weighted by Gasteiger charge is 2.55. The van der Waals surface area contributed by atoms with Gasteiger partial charge in [0.1, 0.15) is 11.5 Å². The first-order chi connectivity index (χ1) is 15.4. The molecule has 0 atom stereocenters. The molecule has 168 valence electrons. The van der Waals surface area contributed by atoms with Crippen molar-refractivity contribution in [1.82, 2.24) is 0 Å². The molecule has 32 heavy (non-hydrogen) atoms. The van der Waals surface area contributed by atoms with Crippen molar-refractivity contribution >= 4 is 17.6 Å². The number of nitrogens with one attached hydrogen (secondary N) is 1. The Kier molecular flexibility index (Phi) is 5.44. The number of ether oxygens (including phenoxy) is 2. The summed E-state index contributed by atoms with van der Waals surface area (Å²) in [6, 6.07) is 14.2. The second-order valence-corrected chi connectivity index (χ2v) is 10.3. The lowest BCUT2D eigenvalue weighted by Crippen LogP contribution is -2.51. The summed E-state index contributed by atoms with van der Waals surface area (Å²) in [5.41, 5.74) is 0.831. The molecule has 1 amide bonds. The number of benzene rings is 2. The third-order valence-corrected chi connectivity index (χ3v) is 7.26. The van der Waals surface area contributed by atoms with Gasteiger partial charge in [0.2, 0.25) is 0 Å². The molecule has 6 rings (SSSR count). The van der Waals surface area contributed by atoms with E-state index >= 15 is 0 Å². The average molecular weight is 434 g/mol. The Morgan fingerprint density at radius 2 is 1.53 bits per heavy atom. The van der Waals surface area contributed by atoms with Gasteiger partial charge in [-0.05, 0) is 113 Å². The lowest BCUT2D eigenvalue weighted by molar-refractivity contribution is -0.161. The number of carbonyl (C=O) groups is 2. The highest BCUT2D eigenvalue weighted by atomic mass is 16.5. The maximum Gasteiger partial charge on any atom is 0.317 e. The van der Waals surface area contributed by atoms with E-state index < -0.39 is 0 Å². The molecule has 0 radical (unpaired) electrons. The van der Waals surface area contributed by atoms with Gasteiger partial charge in [-0.1, -0.05) is 6.07 Å². The smallest absolute Gasteiger partial charge is 0.317 e. The molecule has 0 heterocycles. The molecule has 0 aliphatic heterocycles. The molecule has 4 bridgehead atoms. The Hall–Kier alpha value is -2.82. The molecule has 5 nitrogen and oxygen atoms in total. The molecular formula is C27H31NO4. The molecule has 4 aliphatic rings. The van der Waals surface area contributed by atoms with E-state index in [1.54, 1.807) is 24.3 Å². The fourth-order valence-electron chi connectivity index (χ4n) is 6.37. The molecule has 4 aliphatic carbocycles. The second-order valence-electron chi connectivity index (χ2n) is 10.3. The highest BCUT2D eigenvalue weighted by Crippen LogP contribution is 2.60. The van der Waals surface area contributed by atoms with Gasteiger partial charge < -0.3 is 14.8 Å². The molecule has 0 saturated heterocycles. The molecule has 0 aromatic heterocycles. The zero-order valence-corrected chi connectivity index (χ0v) is 18.8. The van der Waals surface area contributed by atoms with Crippen molar-refractivity contribution in [2.75, 3.05) is 5.32 Å². The van der Waals surface area contributed by atoms with E-state index in [0.717, 1.165) is 25.0 Å². The van der Waals surface area contributed by atoms with Gasteiger partial charge in [0.15, 0.2) is 0 Å². The van der Waals surface area contributed by atoms with Gasteiger partial charge >= 0.3 is 5.97 Å². The average Bonchev–Trinajstić information content (AvgIpc) is 2.74. The van der Waals surface area contributed by atoms with Crippen molar-refractivity contribution in [2.24, 2.45) is 23.2 Å². The second kappa shape index (κ2) is 8.27. The molecule has 4 fully saturated rings. The first-order valence-electron chi connectivity index (χ1n) is 11.8. The monoisotopic (exact) mass is 433 g/mol. The summed E-state index contributed by atoms with van der Waals surface area (Å²) < 4.78 is 11.5. The molecule has 1 N–H and O–H groups in total. The van der Waals surface area contributed by atoms with Crippen LogP contribution in [0.3, 0.4) is 0 Å². The standard InChI is InChI=1S/C27H31NO4/c1-17(2)31-23-8-6-22(7-9-23)28-25(29)21-4-3-5-24(13-21)32-26(30)27-14-18-10-19(15-27)12-20(11-18)16-27/h3-9,13,17-20H,10-12,14-16H2,1-2H3,(H,28,29). The van der Waals surface area contributed by atoms with Crippen molar-refractivity contribution in [2.45, 2.75) is 58.5 Å². The van der Waals surface area contributed by atoms with Crippen molar-refractivity contribution < 1.29 is 19.1 Å². The van der Waals surface area contributed by atoms with E-state index in [2.05, 4.69) is 5.32 Å². The Bertz CT molecular complexity index is 975. The summed E-state index contributed by atoms with van der Waals surface area (Å²) in [6.07, 6.45) is 6.85. The van der Waals surface area contributed by atoms with Gasteiger partial charge in [-0.2, -0.15) is 0 Å². The van der Waals surface area contributed by atoms with Crippen LogP contribution in [0.15, 0.2) is 48.5 Å². The summed E-state index contributed by atoms with van der Waals surface area (Å²) in [7, 11) is 0. The molecule has 0 unspecified atom stereocenters. The van der Waals surface area contributed by atoms with Gasteiger partial charge in [0.25, 0.3) is 5.91 Å². The number of anilines is 1. The lowest BCUT2D eigenvalue weighted by atomic mass is 9.49. The van der Waals surface area contributed by atoms with Gasteiger partial charge in [0, 0.05) is 11.3 Å². The van der Waals surface area contributed by atoms with E-state index in [1.807, 2.05) is 38.1 Å². The maximum atomic E-state index is 13.2. The largest absolute Gasteiger partial charge is 0.491 e. The van der Waals surface area contributed by atoms with E-state index in [-0.39, 0.29) is 23.4 Å². The molecule has 4 saturated carbocycles. The molecule has 2 aromatic carbocycles. The van der Waals surface area contributed by atoms with Crippen molar-refractivity contribution in [1.29, 1.82) is 0 Å². The maximum absolute atomic E-state index is 13.2. The normalized spacial score (nSPS) is 27.9. The quantitative estimate of drug-likeness (QED) is 0.459. The minimum absolute atomic E-state index is 0.0966. The Morgan fingerprint density at radius 1 is 0.906 bits per heavy atom. The van der Waals surface area contributed by atoms with Crippen LogP contribution in [0.1, 0.15) is 62.7 Å². The predicted molar refractivity (Wildman–Crippen MR) is 123 cm³/mol. The minimum atomic E-state index is -0.313. The van der Waals surface area contributed by atoms with Crippen LogP contribution in [-0.4, -0.2) is 18.0 Å². The van der Waals surface area contributed by atoms with Crippen LogP contribution in [0, 0.1) is 23.2 Å². The first-order valence-corrected chi connectivity index (χ1v) is 11.8. The van der Waals surface area contributed by atoms with Crippen LogP contribution in [0.5, 0.6) is 11.5 Å². The van der Waals surface area contributed by atoms with Crippen LogP contribution in [-0.2, 0) is 4.79 Å².